The van der Waals surface area contributed by atoms with E-state index in [-0.39, 0.29) is 5.75 Å². The van der Waals surface area contributed by atoms with Gasteiger partial charge in [0.25, 0.3) is 0 Å². The molecule has 7 heteroatoms. The van der Waals surface area contributed by atoms with E-state index in [0.717, 1.165) is 33.2 Å². The van der Waals surface area contributed by atoms with Crippen molar-refractivity contribution in [1.29, 1.82) is 0 Å². The van der Waals surface area contributed by atoms with Gasteiger partial charge < -0.3 is 9.84 Å². The molecule has 33 heavy (non-hydrogen) atoms. The van der Waals surface area contributed by atoms with Crippen molar-refractivity contribution in [3.63, 3.8) is 0 Å². The van der Waals surface area contributed by atoms with Crippen LogP contribution in [-0.4, -0.2) is 32.4 Å². The van der Waals surface area contributed by atoms with Gasteiger partial charge in [0.2, 0.25) is 0 Å². The Kier molecular flexibility index (Phi) is 5.82. The van der Waals surface area contributed by atoms with Gasteiger partial charge in [-0.15, -0.1) is 5.10 Å². The molecular formula is C26H25IN4O2. The maximum Gasteiger partial charge on any atom is 0.188 e. The fourth-order valence-corrected chi connectivity index (χ4v) is 5.16. The summed E-state index contributed by atoms with van der Waals surface area (Å²) in [4.78, 5) is 0. The summed E-state index contributed by atoms with van der Waals surface area (Å²) in [5, 5.41) is 23.5. The van der Waals surface area contributed by atoms with Crippen LogP contribution in [0.3, 0.4) is 0 Å². The molecule has 1 aromatic heterocycles. The lowest BCUT2D eigenvalue weighted by Crippen LogP contribution is -2.02. The summed E-state index contributed by atoms with van der Waals surface area (Å²) in [5.74, 6) is 1.89. The number of fused-ring (bicyclic) bond motifs is 1. The highest BCUT2D eigenvalue weighted by molar-refractivity contribution is 14.1. The van der Waals surface area contributed by atoms with Gasteiger partial charge in [0.15, 0.2) is 5.82 Å². The van der Waals surface area contributed by atoms with Gasteiger partial charge in [-0.1, -0.05) is 26.0 Å². The van der Waals surface area contributed by atoms with E-state index in [1.54, 1.807) is 17.9 Å². The van der Waals surface area contributed by atoms with Gasteiger partial charge in [-0.3, -0.25) is 0 Å². The van der Waals surface area contributed by atoms with E-state index < -0.39 is 0 Å². The predicted octanol–water partition coefficient (Wildman–Crippen LogP) is 5.93. The van der Waals surface area contributed by atoms with Gasteiger partial charge in [-0.05, 0) is 111 Å². The third-order valence-electron chi connectivity index (χ3n) is 6.30. The van der Waals surface area contributed by atoms with E-state index >= 15 is 0 Å². The zero-order valence-corrected chi connectivity index (χ0v) is 21.0. The highest BCUT2D eigenvalue weighted by Crippen LogP contribution is 2.41. The van der Waals surface area contributed by atoms with Crippen molar-refractivity contribution in [2.45, 2.75) is 39.0 Å². The Morgan fingerprint density at radius 1 is 0.970 bits per heavy atom. The van der Waals surface area contributed by atoms with Gasteiger partial charge in [0.05, 0.1) is 12.8 Å². The predicted molar refractivity (Wildman–Crippen MR) is 137 cm³/mol. The molecule has 1 aliphatic rings. The van der Waals surface area contributed by atoms with Crippen LogP contribution < -0.4 is 4.74 Å². The Morgan fingerprint density at radius 2 is 1.79 bits per heavy atom. The SMILES string of the molecule is COc1ccc(C(C)C)cc1-c1cc(-c2nnnn2-c2ccc3c(c2)CCC3)c(I)cc1O. The molecule has 0 unspecified atom stereocenters. The fourth-order valence-electron chi connectivity index (χ4n) is 4.46. The smallest absolute Gasteiger partial charge is 0.188 e. The Labute approximate surface area is 206 Å². The molecule has 0 radical (unpaired) electrons. The third kappa shape index (κ3) is 3.99. The van der Waals surface area contributed by atoms with Crippen LogP contribution in [-0.2, 0) is 12.8 Å². The first kappa shape index (κ1) is 21.9. The molecule has 1 N–H and O–H groups in total. The monoisotopic (exact) mass is 552 g/mol. The average molecular weight is 552 g/mol. The van der Waals surface area contributed by atoms with Gasteiger partial charge in [-0.25, -0.2) is 0 Å². The van der Waals surface area contributed by atoms with E-state index in [1.807, 2.05) is 12.1 Å². The van der Waals surface area contributed by atoms with Crippen LogP contribution in [0.25, 0.3) is 28.2 Å². The number of aryl methyl sites for hydroxylation is 2. The third-order valence-corrected chi connectivity index (χ3v) is 7.20. The number of tetrazole rings is 1. The van der Waals surface area contributed by atoms with Crippen LogP contribution in [0.1, 0.15) is 42.9 Å². The molecule has 168 valence electrons. The summed E-state index contributed by atoms with van der Waals surface area (Å²) in [6, 6.07) is 16.3. The van der Waals surface area contributed by atoms with Crippen molar-refractivity contribution in [3.05, 3.63) is 68.8 Å². The number of benzene rings is 3. The quantitative estimate of drug-likeness (QED) is 0.311. The second-order valence-electron chi connectivity index (χ2n) is 8.68. The lowest BCUT2D eigenvalue weighted by Gasteiger charge is -2.16. The summed E-state index contributed by atoms with van der Waals surface area (Å²) < 4.78 is 8.27. The van der Waals surface area contributed by atoms with E-state index in [9.17, 15) is 5.11 Å². The number of nitrogens with zero attached hydrogens (tertiary/aromatic N) is 4. The molecule has 4 aromatic rings. The highest BCUT2D eigenvalue weighted by Gasteiger charge is 2.21. The zero-order valence-electron chi connectivity index (χ0n) is 18.8. The van der Waals surface area contributed by atoms with Crippen molar-refractivity contribution in [3.8, 4) is 39.7 Å². The number of hydrogen-bond acceptors (Lipinski definition) is 5. The number of ether oxygens (including phenoxy) is 1. The summed E-state index contributed by atoms with van der Waals surface area (Å²) in [7, 11) is 1.65. The molecule has 5 rings (SSSR count). The summed E-state index contributed by atoms with van der Waals surface area (Å²) >= 11 is 2.22. The van der Waals surface area contributed by atoms with Crippen LogP contribution >= 0.6 is 22.6 Å². The topological polar surface area (TPSA) is 73.1 Å². The maximum atomic E-state index is 10.9. The average Bonchev–Trinajstić information content (AvgIpc) is 3.47. The molecule has 0 amide bonds. The lowest BCUT2D eigenvalue weighted by molar-refractivity contribution is 0.415. The molecule has 0 spiro atoms. The molecule has 0 saturated carbocycles. The van der Waals surface area contributed by atoms with Crippen molar-refractivity contribution in [2.75, 3.05) is 7.11 Å². The standard InChI is InChI=1S/C26H25IN4O2/c1-15(2)17-8-10-25(33-3)21(12-17)20-13-22(23(27)14-24(20)32)26-28-29-30-31(26)19-9-7-16-5-4-6-18(16)11-19/h7-15,32H,4-6H2,1-3H3. The summed E-state index contributed by atoms with van der Waals surface area (Å²) in [5.41, 5.74) is 7.28. The normalized spacial score (nSPS) is 12.9. The second kappa shape index (κ2) is 8.78. The number of aromatic nitrogens is 4. The van der Waals surface area contributed by atoms with Crippen LogP contribution in [0.15, 0.2) is 48.5 Å². The zero-order chi connectivity index (χ0) is 23.1. The maximum absolute atomic E-state index is 10.9. The number of halogens is 1. The Morgan fingerprint density at radius 3 is 2.58 bits per heavy atom. The Balaban J connectivity index is 1.65. The highest BCUT2D eigenvalue weighted by atomic mass is 127. The number of rotatable bonds is 5. The van der Waals surface area contributed by atoms with Crippen molar-refractivity contribution < 1.29 is 9.84 Å². The van der Waals surface area contributed by atoms with E-state index in [0.29, 0.717) is 23.1 Å². The van der Waals surface area contributed by atoms with E-state index in [1.165, 1.54) is 23.1 Å². The first-order valence-electron chi connectivity index (χ1n) is 11.1. The minimum Gasteiger partial charge on any atom is -0.507 e. The summed E-state index contributed by atoms with van der Waals surface area (Å²) in [6.07, 6.45) is 3.42. The first-order valence-corrected chi connectivity index (χ1v) is 12.2. The van der Waals surface area contributed by atoms with E-state index in [2.05, 4.69) is 82.3 Å². The number of phenols is 1. The van der Waals surface area contributed by atoms with Crippen LogP contribution in [0.2, 0.25) is 0 Å². The molecule has 6 nitrogen and oxygen atoms in total. The van der Waals surface area contributed by atoms with Gasteiger partial charge in [0, 0.05) is 20.3 Å². The second-order valence-corrected chi connectivity index (χ2v) is 9.85. The van der Waals surface area contributed by atoms with Crippen molar-refractivity contribution >= 4 is 22.6 Å². The number of hydrogen-bond donors (Lipinski definition) is 1. The first-order chi connectivity index (χ1) is 16.0. The Hall–Kier alpha value is -2.94. The van der Waals surface area contributed by atoms with Gasteiger partial charge in [0.1, 0.15) is 11.5 Å². The number of phenolic OH excluding ortho intramolecular Hbond substituents is 1. The van der Waals surface area contributed by atoms with Gasteiger partial charge >= 0.3 is 0 Å². The molecule has 0 bridgehead atoms. The molecular weight excluding hydrogens is 527 g/mol. The van der Waals surface area contributed by atoms with E-state index in [4.69, 9.17) is 4.74 Å². The minimum atomic E-state index is 0.193. The molecule has 1 aliphatic carbocycles. The number of methoxy groups -OCH3 is 1. The molecule has 0 saturated heterocycles. The van der Waals surface area contributed by atoms with Crippen molar-refractivity contribution in [2.24, 2.45) is 0 Å². The lowest BCUT2D eigenvalue weighted by atomic mass is 9.95. The van der Waals surface area contributed by atoms with Crippen LogP contribution in [0, 0.1) is 3.57 Å². The molecule has 0 aliphatic heterocycles. The van der Waals surface area contributed by atoms with Gasteiger partial charge in [-0.2, -0.15) is 4.68 Å². The molecule has 1 heterocycles. The molecule has 3 aromatic carbocycles. The van der Waals surface area contributed by atoms with Crippen LogP contribution in [0.5, 0.6) is 11.5 Å². The molecule has 0 fully saturated rings. The number of aromatic hydroxyl groups is 1. The summed E-state index contributed by atoms with van der Waals surface area (Å²) in [6.45, 7) is 4.30. The fraction of sp³-hybridized carbons (Fsp3) is 0.269. The Bertz CT molecular complexity index is 1350. The minimum absolute atomic E-state index is 0.193. The molecule has 0 atom stereocenters. The largest absolute Gasteiger partial charge is 0.507 e. The van der Waals surface area contributed by atoms with Crippen LogP contribution in [0.4, 0.5) is 0 Å². The van der Waals surface area contributed by atoms with Crippen molar-refractivity contribution in [1.82, 2.24) is 20.2 Å².